The molecule has 2 aromatic rings. The molecule has 0 unspecified atom stereocenters. The Morgan fingerprint density at radius 2 is 1.56 bits per heavy atom. The van der Waals surface area contributed by atoms with Crippen LogP contribution < -0.4 is 18.9 Å². The minimum atomic E-state index is -0.242. The molecule has 0 saturated carbocycles. The van der Waals surface area contributed by atoms with Crippen molar-refractivity contribution < 1.29 is 33.3 Å². The maximum absolute atomic E-state index is 11.0. The number of hydrogen-bond acceptors (Lipinski definition) is 5. The summed E-state index contributed by atoms with van der Waals surface area (Å²) in [6.07, 6.45) is 5.77. The Hall–Kier alpha value is 0.887. The Morgan fingerprint density at radius 1 is 1.09 bits per heavy atom. The predicted molar refractivity (Wildman–Crippen MR) is 150 cm³/mol. The average Bonchev–Trinajstić information content (AvgIpc) is 3.28. The molecule has 2 heterocycles. The van der Waals surface area contributed by atoms with E-state index in [0.29, 0.717) is 5.82 Å². The summed E-state index contributed by atoms with van der Waals surface area (Å²) in [5, 5.41) is 1.08. The van der Waals surface area contributed by atoms with Crippen molar-refractivity contribution in [2.24, 2.45) is 14.1 Å². The van der Waals surface area contributed by atoms with Crippen molar-refractivity contribution in [3.05, 3.63) is 36.4 Å². The van der Waals surface area contributed by atoms with Gasteiger partial charge in [-0.15, -0.1) is 23.2 Å². The molecule has 0 bridgehead atoms. The van der Waals surface area contributed by atoms with E-state index in [9.17, 15) is 9.59 Å². The van der Waals surface area contributed by atoms with Crippen LogP contribution in [0.15, 0.2) is 12.4 Å². The van der Waals surface area contributed by atoms with Gasteiger partial charge < -0.3 is 16.1 Å². The molecule has 0 radical (unpaired) electrons. The van der Waals surface area contributed by atoms with E-state index in [4.69, 9.17) is 23.2 Å². The second kappa shape index (κ2) is 22.4. The van der Waals surface area contributed by atoms with Crippen LogP contribution >= 0.6 is 91.0 Å². The third-order valence-electron chi connectivity index (χ3n) is 3.27. The first-order chi connectivity index (χ1) is 14.5. The SMILES string of the molecule is CON(C)C(=O)CCl.Cn1c(I)cnc1C(=O)CCl.Cn1c(I)cnc1I.[CH2-]CCC.[Li+]. The van der Waals surface area contributed by atoms with Crippen LogP contribution in [0.5, 0.6) is 0 Å². The topological polar surface area (TPSA) is 82.3 Å². The van der Waals surface area contributed by atoms with Crippen molar-refractivity contribution >= 4 is 103 Å². The molecule has 2 rings (SSSR count). The molecule has 0 aliphatic heterocycles. The minimum Gasteiger partial charge on any atom is -0.343 e. The van der Waals surface area contributed by atoms with E-state index in [2.05, 4.69) is 96.4 Å². The summed E-state index contributed by atoms with van der Waals surface area (Å²) in [6.45, 7) is 5.72. The predicted octanol–water partition coefficient (Wildman–Crippen LogP) is 1.95. The van der Waals surface area contributed by atoms with Gasteiger partial charge in [-0.3, -0.25) is 14.4 Å². The summed E-state index contributed by atoms with van der Waals surface area (Å²) in [5.41, 5.74) is 0. The fourth-order valence-corrected chi connectivity index (χ4v) is 3.15. The fraction of sp³-hybridized carbons (Fsp3) is 0.500. The van der Waals surface area contributed by atoms with Crippen molar-refractivity contribution in [1.29, 1.82) is 0 Å². The first kappa shape index (κ1) is 37.4. The summed E-state index contributed by atoms with van der Waals surface area (Å²) in [7, 11) is 6.69. The van der Waals surface area contributed by atoms with E-state index in [-0.39, 0.29) is 42.3 Å². The molecule has 0 spiro atoms. The smallest absolute Gasteiger partial charge is 0.343 e. The van der Waals surface area contributed by atoms with E-state index in [1.165, 1.54) is 24.3 Å². The Labute approximate surface area is 253 Å². The zero-order valence-corrected chi connectivity index (χ0v) is 27.0. The van der Waals surface area contributed by atoms with Gasteiger partial charge in [-0.05, 0) is 67.8 Å². The molecule has 0 atom stereocenters. The maximum atomic E-state index is 11.0. The summed E-state index contributed by atoms with van der Waals surface area (Å²) < 4.78 is 6.88. The van der Waals surface area contributed by atoms with Crippen LogP contribution in [0, 0.1) is 18.2 Å². The van der Waals surface area contributed by atoms with Gasteiger partial charge >= 0.3 is 18.9 Å². The van der Waals surface area contributed by atoms with Crippen LogP contribution in [0.3, 0.4) is 0 Å². The molecule has 178 valence electrons. The number of ketones is 1. The average molecular weight is 820 g/mol. The van der Waals surface area contributed by atoms with E-state index in [1.54, 1.807) is 17.8 Å². The van der Waals surface area contributed by atoms with Crippen LogP contribution in [0.25, 0.3) is 0 Å². The standard InChI is InChI=1S/C6H6ClIN2O.C4H8ClNO2.C4H4I2N2.C4H9.Li/c1-10-5(8)3-9-6(10)4(11)2-7;1-6(8-2)4(7)3-5;1-8-3(5)2-7-4(8)6;1-3-4-2;/h3H,2H2,1H3;3H2,1-2H3;2H,1H3;1,3-4H2,2H3;/q;;;-1;+1. The number of hydrogen-bond donors (Lipinski definition) is 0. The first-order valence-corrected chi connectivity index (χ1v) is 13.1. The van der Waals surface area contributed by atoms with E-state index in [1.807, 2.05) is 17.8 Å². The normalized spacial score (nSPS) is 9.09. The van der Waals surface area contributed by atoms with Crippen molar-refractivity contribution in [2.45, 2.75) is 19.8 Å². The number of unbranched alkanes of at least 4 members (excludes halogenated alkanes) is 1. The van der Waals surface area contributed by atoms with Crippen molar-refractivity contribution in [1.82, 2.24) is 24.2 Å². The van der Waals surface area contributed by atoms with Gasteiger partial charge in [-0.25, -0.2) is 15.0 Å². The number of nitrogens with zero attached hydrogens (tertiary/aromatic N) is 5. The molecular weight excluding hydrogens is 793 g/mol. The number of carbonyl (C=O) groups is 2. The molecule has 0 saturated heterocycles. The second-order valence-electron chi connectivity index (χ2n) is 5.49. The molecule has 1 amide bonds. The summed E-state index contributed by atoms with van der Waals surface area (Å²) in [5.74, 6) is -0.0127. The Balaban J connectivity index is -0.000000364. The number of rotatable bonds is 5. The minimum absolute atomic E-state index is 0. The number of amides is 1. The van der Waals surface area contributed by atoms with Gasteiger partial charge in [0.05, 0.1) is 29.1 Å². The monoisotopic (exact) mass is 819 g/mol. The van der Waals surface area contributed by atoms with Gasteiger partial charge in [0.2, 0.25) is 5.78 Å². The van der Waals surface area contributed by atoms with Crippen LogP contribution in [0.4, 0.5) is 0 Å². The molecule has 8 nitrogen and oxygen atoms in total. The third kappa shape index (κ3) is 15.7. The number of Topliss-reactive ketones (excluding diaryl/α,β-unsaturated/α-hetero) is 1. The van der Waals surface area contributed by atoms with Gasteiger partial charge in [-0.1, -0.05) is 13.3 Å². The van der Waals surface area contributed by atoms with Gasteiger partial charge in [0.25, 0.3) is 5.91 Å². The number of aromatic nitrogens is 4. The van der Waals surface area contributed by atoms with Crippen LogP contribution in [-0.2, 0) is 23.7 Å². The molecule has 2 aromatic heterocycles. The quantitative estimate of drug-likeness (QED) is 0.115. The van der Waals surface area contributed by atoms with Gasteiger partial charge in [-0.2, -0.15) is 6.42 Å². The van der Waals surface area contributed by atoms with Gasteiger partial charge in [0.15, 0.2) is 9.66 Å². The van der Waals surface area contributed by atoms with E-state index >= 15 is 0 Å². The van der Waals surface area contributed by atoms with Crippen molar-refractivity contribution in [3.8, 4) is 0 Å². The second-order valence-corrected chi connectivity index (χ2v) is 9.20. The molecule has 0 aliphatic rings. The van der Waals surface area contributed by atoms with Crippen molar-refractivity contribution in [2.75, 3.05) is 25.9 Å². The third-order valence-corrected chi connectivity index (χ3v) is 6.75. The zero-order chi connectivity index (χ0) is 24.6. The number of alkyl halides is 2. The van der Waals surface area contributed by atoms with E-state index in [0.717, 1.165) is 19.0 Å². The van der Waals surface area contributed by atoms with Gasteiger partial charge in [0.1, 0.15) is 9.58 Å². The van der Waals surface area contributed by atoms with Crippen molar-refractivity contribution in [3.63, 3.8) is 0 Å². The fourth-order valence-electron chi connectivity index (χ4n) is 1.26. The van der Waals surface area contributed by atoms with Crippen LogP contribution in [-0.4, -0.2) is 61.8 Å². The Morgan fingerprint density at radius 3 is 1.75 bits per heavy atom. The Kier molecular flexibility index (Phi) is 26.2. The molecule has 0 aliphatic carbocycles. The van der Waals surface area contributed by atoms with Gasteiger partial charge in [0, 0.05) is 21.1 Å². The number of imidazole rings is 2. The zero-order valence-electron chi connectivity index (χ0n) is 19.0. The van der Waals surface area contributed by atoms with Crippen LogP contribution in [0.2, 0.25) is 0 Å². The summed E-state index contributed by atoms with van der Waals surface area (Å²) >= 11 is 17.0. The van der Waals surface area contributed by atoms with Crippen LogP contribution in [0.1, 0.15) is 30.4 Å². The molecule has 0 aromatic carbocycles. The number of halogens is 5. The van der Waals surface area contributed by atoms with E-state index < -0.39 is 0 Å². The molecule has 0 fully saturated rings. The molecule has 32 heavy (non-hydrogen) atoms. The summed E-state index contributed by atoms with van der Waals surface area (Å²) in [4.78, 5) is 33.9. The molecular formula is C18H27Cl2I3LiN5O3. The largest absolute Gasteiger partial charge is 1.00 e. The number of carbonyl (C=O) groups excluding carboxylic acids is 2. The maximum Gasteiger partial charge on any atom is 1.00 e. The molecule has 0 N–H and O–H groups in total. The Bertz CT molecular complexity index is 772. The molecule has 14 heteroatoms. The summed E-state index contributed by atoms with van der Waals surface area (Å²) in [6, 6.07) is 0. The first-order valence-electron chi connectivity index (χ1n) is 8.77. The number of hydroxylamine groups is 2.